The first-order valence-electron chi connectivity index (χ1n) is 29.1. The van der Waals surface area contributed by atoms with E-state index in [0.717, 1.165) is 55.8 Å². The van der Waals surface area contributed by atoms with Crippen LogP contribution in [0.4, 0.5) is 0 Å². The number of benzene rings is 8. The van der Waals surface area contributed by atoms with Gasteiger partial charge in [0.1, 0.15) is 43.0 Å². The summed E-state index contributed by atoms with van der Waals surface area (Å²) in [6.45, 7) is 16.2. The summed E-state index contributed by atoms with van der Waals surface area (Å²) in [5.74, 6) is 2.27. The van der Waals surface area contributed by atoms with E-state index in [0.29, 0.717) is 30.8 Å². The first-order valence-corrected chi connectivity index (χ1v) is 29.1. The second-order valence-corrected chi connectivity index (χ2v) is 24.9. The molecule has 2 saturated heterocycles. The van der Waals surface area contributed by atoms with Crippen LogP contribution < -0.4 is 9.47 Å². The lowest BCUT2D eigenvalue weighted by Gasteiger charge is -2.34. The summed E-state index contributed by atoms with van der Waals surface area (Å²) in [7, 11) is 0. The van der Waals surface area contributed by atoms with Crippen LogP contribution in [0.15, 0.2) is 170 Å². The molecule has 2 fully saturated rings. The molecule has 7 heteroatoms. The van der Waals surface area contributed by atoms with Crippen LogP contribution in [0.25, 0.3) is 22.3 Å². The first-order chi connectivity index (χ1) is 38.8. The van der Waals surface area contributed by atoms with Gasteiger partial charge in [0.25, 0.3) is 0 Å². The van der Waals surface area contributed by atoms with Gasteiger partial charge in [0.05, 0.1) is 37.6 Å². The van der Waals surface area contributed by atoms with Crippen molar-refractivity contribution in [3.8, 4) is 33.8 Å². The van der Waals surface area contributed by atoms with Crippen LogP contribution in [0.5, 0.6) is 11.5 Å². The van der Waals surface area contributed by atoms with Crippen LogP contribution in [0.1, 0.15) is 144 Å². The fraction of sp³-hybridized carbons (Fsp3) is 0.342. The van der Waals surface area contributed by atoms with Gasteiger partial charge in [-0.15, -0.1) is 0 Å². The number of aliphatic hydroxyl groups excluding tert-OH is 1. The minimum atomic E-state index is -0.840. The second-order valence-electron chi connectivity index (χ2n) is 24.9. The van der Waals surface area contributed by atoms with Gasteiger partial charge in [-0.2, -0.15) is 0 Å². The molecule has 0 aromatic heterocycles. The topological polar surface area (TPSA) is 82.2 Å². The average molecular weight is 1060 g/mol. The zero-order chi connectivity index (χ0) is 54.5. The Morgan fingerprint density at radius 1 is 0.475 bits per heavy atom. The Morgan fingerprint density at radius 3 is 1.35 bits per heavy atom. The van der Waals surface area contributed by atoms with Gasteiger partial charge in [-0.1, -0.05) is 159 Å². The van der Waals surface area contributed by atoms with Crippen molar-refractivity contribution < 1.29 is 33.5 Å². The van der Waals surface area contributed by atoms with E-state index in [9.17, 15) is 5.11 Å². The van der Waals surface area contributed by atoms with E-state index in [1.54, 1.807) is 0 Å². The van der Waals surface area contributed by atoms with Crippen molar-refractivity contribution in [3.63, 3.8) is 0 Å². The van der Waals surface area contributed by atoms with Gasteiger partial charge in [-0.25, -0.2) is 0 Å². The molecular weight excluding hydrogens is 989 g/mol. The van der Waals surface area contributed by atoms with E-state index in [1.807, 2.05) is 0 Å². The molecule has 14 rings (SSSR count). The fourth-order valence-electron chi connectivity index (χ4n) is 14.3. The highest BCUT2D eigenvalue weighted by Crippen LogP contribution is 2.58. The third kappa shape index (κ3) is 9.01. The van der Waals surface area contributed by atoms with Gasteiger partial charge in [-0.3, -0.25) is 0 Å². The summed E-state index contributed by atoms with van der Waals surface area (Å²) >= 11 is 0. The third-order valence-electron chi connectivity index (χ3n) is 18.9. The summed E-state index contributed by atoms with van der Waals surface area (Å²) in [6.07, 6.45) is 3.37. The molecule has 406 valence electrons. The molecular formula is C73H72O7. The van der Waals surface area contributed by atoms with Crippen LogP contribution in [-0.4, -0.2) is 63.1 Å². The van der Waals surface area contributed by atoms with Gasteiger partial charge in [0.15, 0.2) is 0 Å². The van der Waals surface area contributed by atoms with Gasteiger partial charge in [0.2, 0.25) is 0 Å². The van der Waals surface area contributed by atoms with E-state index in [-0.39, 0.29) is 36.3 Å². The summed E-state index contributed by atoms with van der Waals surface area (Å²) in [5, 5.41) is 11.5. The zero-order valence-corrected chi connectivity index (χ0v) is 47.0. The van der Waals surface area contributed by atoms with E-state index >= 15 is 0 Å². The van der Waals surface area contributed by atoms with E-state index in [1.165, 1.54) is 89.0 Å². The molecule has 8 aromatic carbocycles. The smallest absolute Gasteiger partial charge is 0.119 e. The van der Waals surface area contributed by atoms with Crippen molar-refractivity contribution in [2.45, 2.75) is 119 Å². The molecule has 6 aliphatic rings. The standard InChI is InChI=1S/C73H72O7/c1-45-37-72(54-21-17-52(18-22-54)71(5,6)80-44-61-43-78-61,68-33-49-31-47-11-7-9-13-62(47)66(49)35-64(45)68)55-23-27-58(28-24-55)75-39-57(74)40-79-70(3,4)51-15-19-53(20-16-51)73(56-25-29-59(30-26-56)76-41-60-42-77-60)38-46(2)65-36-67-50(34-69(65)73)32-48-12-8-10-14-63(48)67/h7-30,33-36,45-46,57,60-61,74H,31-32,37-44H2,1-6H3. The minimum absolute atomic E-state index is 0.103. The van der Waals surface area contributed by atoms with Crippen LogP contribution in [0.2, 0.25) is 0 Å². The Bertz CT molecular complexity index is 3630. The Balaban J connectivity index is 0.688. The van der Waals surface area contributed by atoms with Crippen molar-refractivity contribution in [1.29, 1.82) is 0 Å². The summed E-state index contributed by atoms with van der Waals surface area (Å²) in [5.41, 5.74) is 22.0. The maximum atomic E-state index is 11.5. The number of ether oxygens (including phenoxy) is 6. The van der Waals surface area contributed by atoms with Crippen LogP contribution in [0.3, 0.4) is 0 Å². The fourth-order valence-corrected chi connectivity index (χ4v) is 14.3. The maximum absolute atomic E-state index is 11.5. The number of hydrogen-bond acceptors (Lipinski definition) is 7. The molecule has 0 radical (unpaired) electrons. The minimum Gasteiger partial charge on any atom is -0.491 e. The summed E-state index contributed by atoms with van der Waals surface area (Å²) in [6, 6.07) is 63.4. The Morgan fingerprint density at radius 2 is 0.887 bits per heavy atom. The van der Waals surface area contributed by atoms with Crippen molar-refractivity contribution >= 4 is 0 Å². The van der Waals surface area contributed by atoms with Crippen LogP contribution >= 0.6 is 0 Å². The number of rotatable bonds is 18. The SMILES string of the molecule is CC1CC(c2ccc(OCC3CO3)cc2)(c2ccc(C(C)(C)OCC(O)COc3ccc(C4(c5ccc(C(C)(C)OCC6CO6)cc5)CC(C)c5cc6c(cc54)Cc4ccccc4-6)cc3)cc2)c2cc3c(cc21)-c1ccccc1C3. The van der Waals surface area contributed by atoms with Gasteiger partial charge >= 0.3 is 0 Å². The van der Waals surface area contributed by atoms with E-state index in [2.05, 4.69) is 211 Å². The lowest BCUT2D eigenvalue weighted by molar-refractivity contribution is -0.0717. The third-order valence-corrected chi connectivity index (χ3v) is 18.9. The average Bonchev–Trinajstić information content (AvgIpc) is 4.56. The van der Waals surface area contributed by atoms with Gasteiger partial charge < -0.3 is 33.5 Å². The number of fused-ring (bicyclic) bond motifs is 8. The lowest BCUT2D eigenvalue weighted by Crippen LogP contribution is -2.31. The van der Waals surface area contributed by atoms with Crippen molar-refractivity contribution in [3.05, 3.63) is 248 Å². The van der Waals surface area contributed by atoms with E-state index < -0.39 is 17.3 Å². The molecule has 0 spiro atoms. The predicted octanol–water partition coefficient (Wildman–Crippen LogP) is 14.6. The molecule has 8 aromatic rings. The molecule has 7 nitrogen and oxygen atoms in total. The van der Waals surface area contributed by atoms with Crippen molar-refractivity contribution in [2.24, 2.45) is 0 Å². The molecule has 0 bridgehead atoms. The lowest BCUT2D eigenvalue weighted by atomic mass is 9.69. The van der Waals surface area contributed by atoms with Gasteiger partial charge in [0, 0.05) is 10.8 Å². The highest BCUT2D eigenvalue weighted by Gasteiger charge is 2.48. The highest BCUT2D eigenvalue weighted by atomic mass is 16.6. The Kier molecular flexibility index (Phi) is 12.6. The molecule has 1 N–H and O–H groups in total. The molecule has 2 heterocycles. The molecule has 4 aliphatic carbocycles. The summed E-state index contributed by atoms with van der Waals surface area (Å²) < 4.78 is 36.3. The highest BCUT2D eigenvalue weighted by molar-refractivity contribution is 5.81. The zero-order valence-electron chi connectivity index (χ0n) is 47.0. The maximum Gasteiger partial charge on any atom is 0.119 e. The number of hydrogen-bond donors (Lipinski definition) is 1. The quantitative estimate of drug-likeness (QED) is 0.0857. The molecule has 7 atom stereocenters. The van der Waals surface area contributed by atoms with E-state index in [4.69, 9.17) is 28.4 Å². The van der Waals surface area contributed by atoms with Gasteiger partial charge in [-0.05, 0) is 190 Å². The molecule has 0 saturated carbocycles. The monoisotopic (exact) mass is 1060 g/mol. The predicted molar refractivity (Wildman–Crippen MR) is 315 cm³/mol. The Hall–Kier alpha value is -6.84. The number of epoxide rings is 2. The normalized spacial score (nSPS) is 23.1. The van der Waals surface area contributed by atoms with Crippen molar-refractivity contribution in [2.75, 3.05) is 39.6 Å². The first kappa shape index (κ1) is 51.3. The molecule has 7 unspecified atom stereocenters. The molecule has 2 aliphatic heterocycles. The van der Waals surface area contributed by atoms with Crippen LogP contribution in [-0.2, 0) is 53.8 Å². The Labute approximate surface area is 471 Å². The van der Waals surface area contributed by atoms with Crippen molar-refractivity contribution in [1.82, 2.24) is 0 Å². The molecule has 80 heavy (non-hydrogen) atoms. The number of aliphatic hydroxyl groups is 1. The largest absolute Gasteiger partial charge is 0.491 e. The summed E-state index contributed by atoms with van der Waals surface area (Å²) in [4.78, 5) is 0. The molecule has 0 amide bonds. The second kappa shape index (κ2) is 19.7. The van der Waals surface area contributed by atoms with Crippen LogP contribution in [0, 0.1) is 0 Å².